The largest absolute Gasteiger partial charge is 0.382 e. The van der Waals surface area contributed by atoms with Crippen LogP contribution in [-0.4, -0.2) is 139 Å². The van der Waals surface area contributed by atoms with Crippen molar-refractivity contribution in [1.29, 1.82) is 0 Å². The number of anilines is 1. The summed E-state index contributed by atoms with van der Waals surface area (Å²) in [7, 11) is 0. The summed E-state index contributed by atoms with van der Waals surface area (Å²) >= 11 is 0. The number of nitrogens with two attached hydrogens (primary N) is 1. The van der Waals surface area contributed by atoms with Gasteiger partial charge >= 0.3 is 0 Å². The van der Waals surface area contributed by atoms with E-state index in [0.29, 0.717) is 104 Å². The van der Waals surface area contributed by atoms with Crippen molar-refractivity contribution < 1.29 is 52.4 Å². The van der Waals surface area contributed by atoms with E-state index < -0.39 is 29.7 Å². The number of piperidine rings is 1. The van der Waals surface area contributed by atoms with Gasteiger partial charge in [-0.15, -0.1) is 0 Å². The van der Waals surface area contributed by atoms with E-state index in [1.807, 2.05) is 0 Å². The number of nitrogens with zero attached hydrogens (tertiary/aromatic N) is 1. The van der Waals surface area contributed by atoms with Gasteiger partial charge in [-0.05, 0) is 37.9 Å². The summed E-state index contributed by atoms with van der Waals surface area (Å²) in [4.78, 5) is 62.7. The molecule has 0 spiro atoms. The molecule has 0 radical (unpaired) electrons. The maximum absolute atomic E-state index is 13.1. The molecular formula is C36H57N5O11. The Morgan fingerprint density at radius 1 is 0.712 bits per heavy atom. The molecule has 0 aromatic heterocycles. The third-order valence-electron chi connectivity index (χ3n) is 8.32. The molecule has 5 N–H and O–H groups in total. The Kier molecular flexibility index (Phi) is 21.7. The van der Waals surface area contributed by atoms with E-state index >= 15 is 0 Å². The van der Waals surface area contributed by atoms with E-state index in [2.05, 4.69) is 16.0 Å². The van der Waals surface area contributed by atoms with Crippen LogP contribution in [0.4, 0.5) is 5.69 Å². The third kappa shape index (κ3) is 16.0. The number of benzene rings is 1. The second kappa shape index (κ2) is 26.3. The highest BCUT2D eigenvalue weighted by molar-refractivity contribution is 6.25. The third-order valence-corrected chi connectivity index (χ3v) is 8.32. The zero-order valence-electron chi connectivity index (χ0n) is 30.3. The van der Waals surface area contributed by atoms with E-state index in [9.17, 15) is 24.0 Å². The van der Waals surface area contributed by atoms with Crippen LogP contribution in [0.25, 0.3) is 0 Å². The van der Waals surface area contributed by atoms with Crippen molar-refractivity contribution in [3.8, 4) is 0 Å². The molecule has 1 saturated heterocycles. The van der Waals surface area contributed by atoms with Gasteiger partial charge in [-0.2, -0.15) is 0 Å². The van der Waals surface area contributed by atoms with Crippen molar-refractivity contribution in [1.82, 2.24) is 15.5 Å². The minimum Gasteiger partial charge on any atom is -0.382 e. The molecule has 2 aliphatic rings. The lowest BCUT2D eigenvalue weighted by Crippen LogP contribution is -2.54. The lowest BCUT2D eigenvalue weighted by molar-refractivity contribution is -0.136. The molecule has 3 rings (SSSR count). The van der Waals surface area contributed by atoms with Crippen molar-refractivity contribution in [2.45, 2.75) is 63.8 Å². The lowest BCUT2D eigenvalue weighted by Gasteiger charge is -2.27. The number of imide groups is 2. The van der Waals surface area contributed by atoms with Crippen LogP contribution in [0.5, 0.6) is 0 Å². The first-order valence-electron chi connectivity index (χ1n) is 18.5. The van der Waals surface area contributed by atoms with Crippen LogP contribution in [0.1, 0.15) is 78.5 Å². The number of carbonyl (C=O) groups is 5. The molecule has 0 bridgehead atoms. The van der Waals surface area contributed by atoms with Crippen LogP contribution in [0.15, 0.2) is 18.2 Å². The number of fused-ring (bicyclic) bond motifs is 1. The molecule has 1 unspecified atom stereocenters. The molecular weight excluding hydrogens is 678 g/mol. The first kappa shape index (κ1) is 42.9. The van der Waals surface area contributed by atoms with Gasteiger partial charge in [-0.3, -0.25) is 34.2 Å². The average Bonchev–Trinajstić information content (AvgIpc) is 3.39. The Hall–Kier alpha value is -3.51. The summed E-state index contributed by atoms with van der Waals surface area (Å²) in [5.41, 5.74) is 6.39. The predicted octanol–water partition coefficient (Wildman–Crippen LogP) is 1.40. The molecule has 5 amide bonds. The Balaban J connectivity index is 1.06. The van der Waals surface area contributed by atoms with Crippen molar-refractivity contribution in [3.63, 3.8) is 0 Å². The van der Waals surface area contributed by atoms with Crippen LogP contribution >= 0.6 is 0 Å². The fourth-order valence-electron chi connectivity index (χ4n) is 5.58. The van der Waals surface area contributed by atoms with Gasteiger partial charge in [-0.25, -0.2) is 0 Å². The minimum absolute atomic E-state index is 0.0134. The van der Waals surface area contributed by atoms with Crippen molar-refractivity contribution in [3.05, 3.63) is 29.3 Å². The van der Waals surface area contributed by atoms with Crippen molar-refractivity contribution >= 4 is 35.2 Å². The summed E-state index contributed by atoms with van der Waals surface area (Å²) < 4.78 is 33.0. The maximum atomic E-state index is 13.1. The number of nitrogens with one attached hydrogen (secondary N) is 3. The normalized spacial score (nSPS) is 15.6. The topological polar surface area (TPSA) is 206 Å². The van der Waals surface area contributed by atoms with Gasteiger partial charge < -0.3 is 44.8 Å². The van der Waals surface area contributed by atoms with Crippen molar-refractivity contribution in [2.75, 3.05) is 104 Å². The minimum atomic E-state index is -1.01. The molecule has 1 fully saturated rings. The lowest BCUT2D eigenvalue weighted by atomic mass is 10.0. The molecule has 0 aliphatic carbocycles. The van der Waals surface area contributed by atoms with Crippen LogP contribution < -0.4 is 21.7 Å². The second-order valence-corrected chi connectivity index (χ2v) is 12.3. The highest BCUT2D eigenvalue weighted by atomic mass is 16.6. The summed E-state index contributed by atoms with van der Waals surface area (Å²) in [6.45, 7) is 6.81. The molecule has 16 nitrogen and oxygen atoms in total. The van der Waals surface area contributed by atoms with Gasteiger partial charge in [0.05, 0.1) is 90.4 Å². The molecule has 0 saturated carbocycles. The van der Waals surface area contributed by atoms with Gasteiger partial charge in [0, 0.05) is 31.6 Å². The maximum Gasteiger partial charge on any atom is 0.264 e. The van der Waals surface area contributed by atoms with E-state index in [1.165, 1.54) is 19.3 Å². The van der Waals surface area contributed by atoms with E-state index in [1.54, 1.807) is 18.2 Å². The van der Waals surface area contributed by atoms with Gasteiger partial charge in [0.25, 0.3) is 11.8 Å². The standard InChI is InChI=1S/C36H57N5O11/c37-13-5-3-1-2-4-6-14-39-31(42)12-16-47-18-20-49-22-24-51-26-27-52-25-23-50-21-19-48-17-15-38-29-9-7-8-28-33(29)36(46)41(35(28)45)30-10-11-32(43)40-34(30)44/h7-9,30,38H,1-6,10-27,37H2,(H,39,42)(H,40,43,44). The Labute approximate surface area is 306 Å². The quantitative estimate of drug-likeness (QED) is 0.0630. The summed E-state index contributed by atoms with van der Waals surface area (Å²) in [5, 5.41) is 8.25. The van der Waals surface area contributed by atoms with Crippen LogP contribution in [0, 0.1) is 0 Å². The number of unbranched alkanes of at least 4 members (excludes halogenated alkanes) is 5. The zero-order valence-corrected chi connectivity index (χ0v) is 30.3. The Bertz CT molecular complexity index is 1250. The molecule has 2 aliphatic heterocycles. The van der Waals surface area contributed by atoms with E-state index in [4.69, 9.17) is 34.2 Å². The number of rotatable bonds is 31. The number of carbonyl (C=O) groups excluding carboxylic acids is 5. The zero-order chi connectivity index (χ0) is 37.2. The summed E-state index contributed by atoms with van der Waals surface area (Å²) in [6.07, 6.45) is 7.31. The van der Waals surface area contributed by atoms with Gasteiger partial charge in [0.2, 0.25) is 17.7 Å². The SMILES string of the molecule is NCCCCCCCCNC(=O)CCOCCOCCOCCOCCOCCOCCNc1cccc2c1C(=O)N(C1CCC(=O)NC1=O)C2=O. The van der Waals surface area contributed by atoms with Crippen molar-refractivity contribution in [2.24, 2.45) is 5.73 Å². The number of hydrogen-bond acceptors (Lipinski definition) is 13. The molecule has 2 heterocycles. The first-order valence-corrected chi connectivity index (χ1v) is 18.5. The molecule has 1 aromatic carbocycles. The first-order chi connectivity index (χ1) is 25.4. The molecule has 1 aromatic rings. The highest BCUT2D eigenvalue weighted by Gasteiger charge is 2.45. The number of ether oxygens (including phenoxy) is 6. The molecule has 52 heavy (non-hydrogen) atoms. The fourth-order valence-corrected chi connectivity index (χ4v) is 5.58. The number of hydrogen-bond donors (Lipinski definition) is 4. The monoisotopic (exact) mass is 735 g/mol. The highest BCUT2D eigenvalue weighted by Crippen LogP contribution is 2.32. The molecule has 1 atom stereocenters. The van der Waals surface area contributed by atoms with E-state index in [-0.39, 0.29) is 29.9 Å². The summed E-state index contributed by atoms with van der Waals surface area (Å²) in [5.74, 6) is -2.16. The molecule has 16 heteroatoms. The second-order valence-electron chi connectivity index (χ2n) is 12.3. The van der Waals surface area contributed by atoms with Crippen LogP contribution in [0.2, 0.25) is 0 Å². The van der Waals surface area contributed by atoms with Gasteiger partial charge in [-0.1, -0.05) is 31.7 Å². The average molecular weight is 736 g/mol. The smallest absolute Gasteiger partial charge is 0.264 e. The van der Waals surface area contributed by atoms with Crippen LogP contribution in [-0.2, 0) is 42.8 Å². The Morgan fingerprint density at radius 3 is 1.87 bits per heavy atom. The van der Waals surface area contributed by atoms with E-state index in [0.717, 1.165) is 30.7 Å². The number of amides is 5. The van der Waals surface area contributed by atoms with Crippen LogP contribution in [0.3, 0.4) is 0 Å². The van der Waals surface area contributed by atoms with Gasteiger partial charge in [0.15, 0.2) is 0 Å². The fraction of sp³-hybridized carbons (Fsp3) is 0.694. The van der Waals surface area contributed by atoms with Gasteiger partial charge in [0.1, 0.15) is 6.04 Å². The predicted molar refractivity (Wildman–Crippen MR) is 191 cm³/mol. The molecule has 292 valence electrons. The summed E-state index contributed by atoms with van der Waals surface area (Å²) in [6, 6.07) is 3.90. The Morgan fingerprint density at radius 2 is 1.27 bits per heavy atom.